The van der Waals surface area contributed by atoms with Gasteiger partial charge in [-0.2, -0.15) is 0 Å². The van der Waals surface area contributed by atoms with E-state index < -0.39 is 21.4 Å². The summed E-state index contributed by atoms with van der Waals surface area (Å²) in [5.41, 5.74) is 0. The van der Waals surface area contributed by atoms with Gasteiger partial charge in [-0.3, -0.25) is 0 Å². The maximum atomic E-state index is 12.2. The molecule has 1 atom stereocenters. The second-order valence-electron chi connectivity index (χ2n) is 3.67. The number of hydrogen-bond acceptors (Lipinski definition) is 4. The van der Waals surface area contributed by atoms with Crippen molar-refractivity contribution in [3.63, 3.8) is 0 Å². The van der Waals surface area contributed by atoms with Gasteiger partial charge in [0.2, 0.25) is 0 Å². The third-order valence-corrected chi connectivity index (χ3v) is 4.72. The Bertz CT molecular complexity index is 434. The van der Waals surface area contributed by atoms with Gasteiger partial charge in [0.15, 0.2) is 16.1 Å². The fourth-order valence-corrected chi connectivity index (χ4v) is 3.03. The molecule has 4 nitrogen and oxygen atoms in total. The van der Waals surface area contributed by atoms with Crippen LogP contribution in [0, 0.1) is 0 Å². The fourth-order valence-electron chi connectivity index (χ4n) is 1.62. The SMILES string of the molecule is CC(C1OCCO1)S(=O)(=O)c1ccccc1. The van der Waals surface area contributed by atoms with E-state index in [0.29, 0.717) is 18.1 Å². The second kappa shape index (κ2) is 4.53. The molecule has 5 heteroatoms. The molecule has 1 unspecified atom stereocenters. The summed E-state index contributed by atoms with van der Waals surface area (Å²) in [7, 11) is -3.37. The van der Waals surface area contributed by atoms with E-state index in [2.05, 4.69) is 0 Å². The van der Waals surface area contributed by atoms with Gasteiger partial charge in [0.1, 0.15) is 5.25 Å². The summed E-state index contributed by atoms with van der Waals surface area (Å²) in [6.45, 7) is 2.52. The van der Waals surface area contributed by atoms with E-state index in [1.165, 1.54) is 0 Å². The summed E-state index contributed by atoms with van der Waals surface area (Å²) in [4.78, 5) is 0.307. The summed E-state index contributed by atoms with van der Waals surface area (Å²) in [6, 6.07) is 8.36. The lowest BCUT2D eigenvalue weighted by Crippen LogP contribution is -2.32. The summed E-state index contributed by atoms with van der Waals surface area (Å²) < 4.78 is 34.8. The van der Waals surface area contributed by atoms with Gasteiger partial charge in [-0.1, -0.05) is 18.2 Å². The third-order valence-electron chi connectivity index (χ3n) is 2.59. The van der Waals surface area contributed by atoms with Crippen LogP contribution in [0.25, 0.3) is 0 Å². The van der Waals surface area contributed by atoms with Gasteiger partial charge < -0.3 is 9.47 Å². The molecular weight excluding hydrogens is 228 g/mol. The molecule has 88 valence electrons. The Kier molecular flexibility index (Phi) is 3.28. The monoisotopic (exact) mass is 242 g/mol. The Labute approximate surface area is 95.1 Å². The standard InChI is InChI=1S/C11H14O4S/c1-9(11-14-7-8-15-11)16(12,13)10-5-3-2-4-6-10/h2-6,9,11H,7-8H2,1H3. The van der Waals surface area contributed by atoms with Crippen LogP contribution in [-0.4, -0.2) is 33.2 Å². The lowest BCUT2D eigenvalue weighted by Gasteiger charge is -2.18. The normalized spacial score (nSPS) is 19.8. The van der Waals surface area contributed by atoms with Crippen LogP contribution in [0.5, 0.6) is 0 Å². The molecule has 1 aromatic carbocycles. The lowest BCUT2D eigenvalue weighted by molar-refractivity contribution is -0.0402. The van der Waals surface area contributed by atoms with Crippen LogP contribution in [0.15, 0.2) is 35.2 Å². The Morgan fingerprint density at radius 2 is 1.75 bits per heavy atom. The number of sulfone groups is 1. The van der Waals surface area contributed by atoms with Gasteiger partial charge in [0.05, 0.1) is 18.1 Å². The molecule has 0 saturated carbocycles. The van der Waals surface area contributed by atoms with Crippen molar-refractivity contribution >= 4 is 9.84 Å². The Morgan fingerprint density at radius 3 is 2.31 bits per heavy atom. The van der Waals surface area contributed by atoms with E-state index in [-0.39, 0.29) is 0 Å². The molecule has 1 heterocycles. The van der Waals surface area contributed by atoms with Crippen LogP contribution in [-0.2, 0) is 19.3 Å². The van der Waals surface area contributed by atoms with Crippen LogP contribution in [0.1, 0.15) is 6.92 Å². The van der Waals surface area contributed by atoms with E-state index in [0.717, 1.165) is 0 Å². The Balaban J connectivity index is 2.25. The van der Waals surface area contributed by atoms with Crippen LogP contribution in [0.3, 0.4) is 0 Å². The molecule has 16 heavy (non-hydrogen) atoms. The lowest BCUT2D eigenvalue weighted by atomic mass is 10.4. The zero-order valence-electron chi connectivity index (χ0n) is 9.00. The summed E-state index contributed by atoms with van der Waals surface area (Å²) in [5, 5.41) is -0.683. The third kappa shape index (κ3) is 2.11. The zero-order valence-corrected chi connectivity index (χ0v) is 9.81. The van der Waals surface area contributed by atoms with E-state index in [9.17, 15) is 8.42 Å². The Morgan fingerprint density at radius 1 is 1.19 bits per heavy atom. The minimum atomic E-state index is -3.37. The van der Waals surface area contributed by atoms with Gasteiger partial charge in [0, 0.05) is 0 Å². The van der Waals surface area contributed by atoms with Crippen molar-refractivity contribution in [3.05, 3.63) is 30.3 Å². The van der Waals surface area contributed by atoms with Crippen molar-refractivity contribution < 1.29 is 17.9 Å². The molecule has 0 bridgehead atoms. The van der Waals surface area contributed by atoms with Crippen LogP contribution in [0.2, 0.25) is 0 Å². The van der Waals surface area contributed by atoms with Crippen molar-refractivity contribution in [2.24, 2.45) is 0 Å². The average Bonchev–Trinajstić information content (AvgIpc) is 2.82. The van der Waals surface area contributed by atoms with E-state index >= 15 is 0 Å². The van der Waals surface area contributed by atoms with Crippen molar-refractivity contribution in [3.8, 4) is 0 Å². The van der Waals surface area contributed by atoms with Crippen LogP contribution in [0.4, 0.5) is 0 Å². The molecule has 0 aromatic heterocycles. The summed E-state index contributed by atoms with van der Waals surface area (Å²) >= 11 is 0. The van der Waals surface area contributed by atoms with Crippen molar-refractivity contribution in [2.45, 2.75) is 23.4 Å². The maximum Gasteiger partial charge on any atom is 0.185 e. The topological polar surface area (TPSA) is 52.6 Å². The molecule has 1 saturated heterocycles. The second-order valence-corrected chi connectivity index (χ2v) is 5.98. The fraction of sp³-hybridized carbons (Fsp3) is 0.455. The van der Waals surface area contributed by atoms with Crippen LogP contribution < -0.4 is 0 Å². The summed E-state index contributed by atoms with van der Waals surface area (Å²) in [6.07, 6.45) is -0.648. The van der Waals surface area contributed by atoms with E-state index in [1.54, 1.807) is 37.3 Å². The minimum absolute atomic E-state index is 0.307. The smallest absolute Gasteiger partial charge is 0.185 e. The highest BCUT2D eigenvalue weighted by Gasteiger charge is 2.34. The predicted octanol–water partition coefficient (Wildman–Crippen LogP) is 1.22. The van der Waals surface area contributed by atoms with Gasteiger partial charge in [-0.05, 0) is 19.1 Å². The molecule has 0 spiro atoms. The van der Waals surface area contributed by atoms with Gasteiger partial charge in [-0.25, -0.2) is 8.42 Å². The van der Waals surface area contributed by atoms with Gasteiger partial charge in [0.25, 0.3) is 0 Å². The largest absolute Gasteiger partial charge is 0.349 e. The first kappa shape index (κ1) is 11.6. The molecule has 1 aliphatic rings. The average molecular weight is 242 g/mol. The first-order valence-corrected chi connectivity index (χ1v) is 6.69. The van der Waals surface area contributed by atoms with Gasteiger partial charge in [-0.15, -0.1) is 0 Å². The number of hydrogen-bond donors (Lipinski definition) is 0. The molecule has 0 radical (unpaired) electrons. The number of benzene rings is 1. The molecule has 1 aromatic rings. The molecule has 0 N–H and O–H groups in total. The number of rotatable bonds is 3. The van der Waals surface area contributed by atoms with E-state index in [1.807, 2.05) is 0 Å². The minimum Gasteiger partial charge on any atom is -0.349 e. The van der Waals surface area contributed by atoms with Crippen molar-refractivity contribution in [1.29, 1.82) is 0 Å². The van der Waals surface area contributed by atoms with E-state index in [4.69, 9.17) is 9.47 Å². The van der Waals surface area contributed by atoms with Crippen molar-refractivity contribution in [2.75, 3.05) is 13.2 Å². The molecule has 0 aliphatic carbocycles. The molecule has 1 aliphatic heterocycles. The predicted molar refractivity (Wildman–Crippen MR) is 58.8 cm³/mol. The molecule has 2 rings (SSSR count). The highest BCUT2D eigenvalue weighted by Crippen LogP contribution is 2.22. The highest BCUT2D eigenvalue weighted by atomic mass is 32.2. The summed E-state index contributed by atoms with van der Waals surface area (Å²) in [5.74, 6) is 0. The van der Waals surface area contributed by atoms with Crippen LogP contribution >= 0.6 is 0 Å². The first-order valence-electron chi connectivity index (χ1n) is 5.14. The molecule has 1 fully saturated rings. The molecular formula is C11H14O4S. The van der Waals surface area contributed by atoms with Gasteiger partial charge >= 0.3 is 0 Å². The quantitative estimate of drug-likeness (QED) is 0.799. The zero-order chi connectivity index (χ0) is 11.6. The maximum absolute atomic E-state index is 12.2. The Hall–Kier alpha value is -0.910. The number of ether oxygens (including phenoxy) is 2. The van der Waals surface area contributed by atoms with Crippen molar-refractivity contribution in [1.82, 2.24) is 0 Å². The molecule has 0 amide bonds. The highest BCUT2D eigenvalue weighted by molar-refractivity contribution is 7.92. The first-order chi connectivity index (χ1) is 7.62.